The van der Waals surface area contributed by atoms with Gasteiger partial charge in [0.2, 0.25) is 0 Å². The zero-order chi connectivity index (χ0) is 16.4. The Kier molecular flexibility index (Phi) is 4.43. The van der Waals surface area contributed by atoms with Crippen molar-refractivity contribution in [2.75, 3.05) is 26.2 Å². The van der Waals surface area contributed by atoms with Crippen molar-refractivity contribution in [3.8, 4) is 0 Å². The number of carbonyl (C=O) groups is 1. The lowest BCUT2D eigenvalue weighted by atomic mass is 10.2. The molecule has 0 radical (unpaired) electrons. The van der Waals surface area contributed by atoms with Gasteiger partial charge in [-0.1, -0.05) is 19.9 Å². The summed E-state index contributed by atoms with van der Waals surface area (Å²) >= 11 is 0. The number of likely N-dealkylation sites (tertiary alicyclic amines) is 1. The molecule has 0 spiro atoms. The summed E-state index contributed by atoms with van der Waals surface area (Å²) in [5.41, 5.74) is 0.400. The van der Waals surface area contributed by atoms with Crippen LogP contribution in [0, 0.1) is 0 Å². The van der Waals surface area contributed by atoms with Crippen LogP contribution in [0.2, 0.25) is 0 Å². The van der Waals surface area contributed by atoms with Crippen molar-refractivity contribution >= 4 is 11.6 Å². The normalized spacial score (nSPS) is 18.0. The van der Waals surface area contributed by atoms with E-state index in [1.807, 2.05) is 6.07 Å². The molecule has 122 valence electrons. The maximum atomic E-state index is 12.7. The van der Waals surface area contributed by atoms with Gasteiger partial charge < -0.3 is 4.90 Å². The highest BCUT2D eigenvalue weighted by molar-refractivity contribution is 5.94. The van der Waals surface area contributed by atoms with E-state index in [0.717, 1.165) is 19.5 Å². The summed E-state index contributed by atoms with van der Waals surface area (Å²) in [6, 6.07) is 5.71. The summed E-state index contributed by atoms with van der Waals surface area (Å²) in [7, 11) is 0. The van der Waals surface area contributed by atoms with Crippen molar-refractivity contribution in [2.24, 2.45) is 0 Å². The van der Waals surface area contributed by atoms with Crippen LogP contribution in [-0.2, 0) is 0 Å². The number of likely N-dealkylation sites (N-methyl/N-ethyl adjacent to an activating group) is 1. The summed E-state index contributed by atoms with van der Waals surface area (Å²) in [4.78, 5) is 33.6. The van der Waals surface area contributed by atoms with Crippen LogP contribution in [0.5, 0.6) is 0 Å². The SMILES string of the molecule is CCN(CC)C1CCN(C(=O)c2cnc3ccccn3c2=O)C1. The largest absolute Gasteiger partial charge is 0.337 e. The Morgan fingerprint density at radius 1 is 1.35 bits per heavy atom. The van der Waals surface area contributed by atoms with E-state index in [0.29, 0.717) is 24.8 Å². The van der Waals surface area contributed by atoms with Gasteiger partial charge in [0.1, 0.15) is 11.2 Å². The molecule has 6 heteroatoms. The summed E-state index contributed by atoms with van der Waals surface area (Å²) in [5.74, 6) is -0.213. The van der Waals surface area contributed by atoms with Crippen molar-refractivity contribution < 1.29 is 4.79 Å². The van der Waals surface area contributed by atoms with Crippen LogP contribution in [0.15, 0.2) is 35.4 Å². The maximum absolute atomic E-state index is 12.7. The van der Waals surface area contributed by atoms with E-state index >= 15 is 0 Å². The van der Waals surface area contributed by atoms with Crippen molar-refractivity contribution in [1.82, 2.24) is 19.2 Å². The molecule has 1 aliphatic rings. The molecule has 0 aliphatic carbocycles. The van der Waals surface area contributed by atoms with E-state index in [2.05, 4.69) is 23.7 Å². The van der Waals surface area contributed by atoms with Crippen molar-refractivity contribution in [1.29, 1.82) is 0 Å². The fraction of sp³-hybridized carbons (Fsp3) is 0.471. The number of hydrogen-bond donors (Lipinski definition) is 0. The van der Waals surface area contributed by atoms with Crippen LogP contribution < -0.4 is 5.56 Å². The van der Waals surface area contributed by atoms with Gasteiger partial charge in [-0.2, -0.15) is 0 Å². The molecule has 6 nitrogen and oxygen atoms in total. The smallest absolute Gasteiger partial charge is 0.270 e. The first-order valence-corrected chi connectivity index (χ1v) is 8.15. The number of nitrogens with zero attached hydrogens (tertiary/aromatic N) is 4. The fourth-order valence-electron chi connectivity index (χ4n) is 3.31. The third kappa shape index (κ3) is 2.86. The van der Waals surface area contributed by atoms with Crippen molar-refractivity contribution in [2.45, 2.75) is 26.3 Å². The molecule has 0 saturated carbocycles. The van der Waals surface area contributed by atoms with Gasteiger partial charge in [0.15, 0.2) is 0 Å². The summed E-state index contributed by atoms with van der Waals surface area (Å²) in [6.45, 7) is 7.59. The predicted octanol–water partition coefficient (Wildman–Crippen LogP) is 1.25. The van der Waals surface area contributed by atoms with Crippen LogP contribution in [0.1, 0.15) is 30.6 Å². The number of aromatic nitrogens is 2. The number of amides is 1. The third-order valence-electron chi connectivity index (χ3n) is 4.62. The second-order valence-corrected chi connectivity index (χ2v) is 5.82. The highest BCUT2D eigenvalue weighted by Gasteiger charge is 2.31. The van der Waals surface area contributed by atoms with Gasteiger partial charge in [-0.05, 0) is 31.6 Å². The number of rotatable bonds is 4. The number of hydrogen-bond acceptors (Lipinski definition) is 4. The topological polar surface area (TPSA) is 57.9 Å². The van der Waals surface area contributed by atoms with Gasteiger partial charge in [0, 0.05) is 31.5 Å². The fourth-order valence-corrected chi connectivity index (χ4v) is 3.31. The Morgan fingerprint density at radius 2 is 2.13 bits per heavy atom. The zero-order valence-corrected chi connectivity index (χ0v) is 13.6. The van der Waals surface area contributed by atoms with Crippen molar-refractivity contribution in [3.05, 3.63) is 46.5 Å². The van der Waals surface area contributed by atoms with E-state index in [1.54, 1.807) is 23.2 Å². The van der Waals surface area contributed by atoms with E-state index in [4.69, 9.17) is 0 Å². The van der Waals surface area contributed by atoms with Gasteiger partial charge in [0.05, 0.1) is 0 Å². The molecule has 1 saturated heterocycles. The number of fused-ring (bicyclic) bond motifs is 1. The summed E-state index contributed by atoms with van der Waals surface area (Å²) in [5, 5.41) is 0. The second-order valence-electron chi connectivity index (χ2n) is 5.82. The molecule has 23 heavy (non-hydrogen) atoms. The van der Waals surface area contributed by atoms with Crippen LogP contribution in [0.25, 0.3) is 5.65 Å². The minimum absolute atomic E-state index is 0.147. The van der Waals surface area contributed by atoms with Gasteiger partial charge in [-0.25, -0.2) is 4.98 Å². The first kappa shape index (κ1) is 15.7. The van der Waals surface area contributed by atoms with Gasteiger partial charge in [-0.15, -0.1) is 0 Å². The van der Waals surface area contributed by atoms with E-state index in [-0.39, 0.29) is 17.0 Å². The molecule has 1 fully saturated rings. The van der Waals surface area contributed by atoms with Crippen LogP contribution in [-0.4, -0.2) is 57.3 Å². The Hall–Kier alpha value is -2.21. The zero-order valence-electron chi connectivity index (χ0n) is 13.6. The van der Waals surface area contributed by atoms with Gasteiger partial charge in [-0.3, -0.25) is 18.9 Å². The molecule has 3 rings (SSSR count). The summed E-state index contributed by atoms with van der Waals surface area (Å²) < 4.78 is 1.42. The molecule has 3 heterocycles. The quantitative estimate of drug-likeness (QED) is 0.852. The van der Waals surface area contributed by atoms with Crippen LogP contribution in [0.3, 0.4) is 0 Å². The predicted molar refractivity (Wildman–Crippen MR) is 88.7 cm³/mol. The van der Waals surface area contributed by atoms with Crippen molar-refractivity contribution in [3.63, 3.8) is 0 Å². The molecule has 0 bridgehead atoms. The molecule has 2 aromatic heterocycles. The highest BCUT2D eigenvalue weighted by Crippen LogP contribution is 2.17. The van der Waals surface area contributed by atoms with Gasteiger partial charge >= 0.3 is 0 Å². The first-order valence-electron chi connectivity index (χ1n) is 8.15. The molecule has 0 N–H and O–H groups in total. The first-order chi connectivity index (χ1) is 11.2. The maximum Gasteiger partial charge on any atom is 0.270 e. The lowest BCUT2D eigenvalue weighted by molar-refractivity contribution is 0.0775. The van der Waals surface area contributed by atoms with Crippen LogP contribution >= 0.6 is 0 Å². The standard InChI is InChI=1S/C17H22N4O2/c1-3-19(4-2)13-8-10-20(12-13)16(22)14-11-18-15-7-5-6-9-21(15)17(14)23/h5-7,9,11,13H,3-4,8,10,12H2,1-2H3. The molecule has 1 atom stereocenters. The minimum atomic E-state index is -0.299. The Bertz CT molecular complexity index is 767. The summed E-state index contributed by atoms with van der Waals surface area (Å²) in [6.07, 6.45) is 4.00. The second kappa shape index (κ2) is 6.50. The Balaban J connectivity index is 1.84. The monoisotopic (exact) mass is 314 g/mol. The average Bonchev–Trinajstić information content (AvgIpc) is 3.06. The van der Waals surface area contributed by atoms with E-state index in [9.17, 15) is 9.59 Å². The highest BCUT2D eigenvalue weighted by atomic mass is 16.2. The molecular formula is C17H22N4O2. The van der Waals surface area contributed by atoms with Gasteiger partial charge in [0.25, 0.3) is 11.5 Å². The molecule has 1 aliphatic heterocycles. The van der Waals surface area contributed by atoms with Crippen LogP contribution in [0.4, 0.5) is 0 Å². The van der Waals surface area contributed by atoms with E-state index in [1.165, 1.54) is 10.6 Å². The molecule has 1 unspecified atom stereocenters. The lowest BCUT2D eigenvalue weighted by Gasteiger charge is -2.26. The average molecular weight is 314 g/mol. The van der Waals surface area contributed by atoms with E-state index < -0.39 is 0 Å². The number of pyridine rings is 1. The molecule has 1 amide bonds. The Labute approximate surface area is 135 Å². The molecule has 0 aromatic carbocycles. The lowest BCUT2D eigenvalue weighted by Crippen LogP contribution is -2.40. The minimum Gasteiger partial charge on any atom is -0.337 e. The molecular weight excluding hydrogens is 292 g/mol. The Morgan fingerprint density at radius 3 is 2.87 bits per heavy atom. The molecule has 2 aromatic rings. The number of carbonyl (C=O) groups excluding carboxylic acids is 1. The third-order valence-corrected chi connectivity index (χ3v) is 4.62.